The third-order valence-electron chi connectivity index (χ3n) is 2.03. The van der Waals surface area contributed by atoms with E-state index in [1.807, 2.05) is 0 Å². The van der Waals surface area contributed by atoms with E-state index in [2.05, 4.69) is 0 Å². The summed E-state index contributed by atoms with van der Waals surface area (Å²) in [6.45, 7) is 3.18. The predicted molar refractivity (Wildman–Crippen MR) is 51.9 cm³/mol. The molecule has 0 saturated heterocycles. The van der Waals surface area contributed by atoms with Crippen molar-refractivity contribution in [1.82, 2.24) is 0 Å². The largest absolute Gasteiger partial charge is 0.478 e. The molecule has 1 rings (SSSR count). The van der Waals surface area contributed by atoms with Crippen LogP contribution in [0.2, 0.25) is 0 Å². The lowest BCUT2D eigenvalue weighted by Crippen LogP contribution is -2.06. The van der Waals surface area contributed by atoms with E-state index in [1.54, 1.807) is 6.92 Å². The van der Waals surface area contributed by atoms with Crippen LogP contribution in [0.1, 0.15) is 21.5 Å². The van der Waals surface area contributed by atoms with Crippen molar-refractivity contribution in [3.8, 4) is 0 Å². The van der Waals surface area contributed by atoms with E-state index in [9.17, 15) is 9.00 Å². The van der Waals surface area contributed by atoms with Crippen LogP contribution in [0, 0.1) is 13.8 Å². The normalized spacial score (nSPS) is 12.5. The second-order valence-corrected chi connectivity index (χ2v) is 3.87. The van der Waals surface area contributed by atoms with Gasteiger partial charge in [-0.1, -0.05) is 6.07 Å². The zero-order valence-corrected chi connectivity index (χ0v) is 8.59. The molecule has 0 radical (unpaired) electrons. The molecule has 0 aromatic heterocycles. The highest BCUT2D eigenvalue weighted by Crippen LogP contribution is 2.20. The number of carboxylic acid groups (broad SMARTS) is 1. The van der Waals surface area contributed by atoms with E-state index in [-0.39, 0.29) is 10.5 Å². The molecule has 0 aliphatic heterocycles. The monoisotopic (exact) mass is 214 g/mol. The Bertz CT molecular complexity index is 412. The van der Waals surface area contributed by atoms with Crippen molar-refractivity contribution in [3.05, 3.63) is 28.8 Å². The topological polar surface area (TPSA) is 74.6 Å². The summed E-state index contributed by atoms with van der Waals surface area (Å²) in [6.07, 6.45) is 0. The van der Waals surface area contributed by atoms with Gasteiger partial charge in [-0.05, 0) is 31.0 Å². The fourth-order valence-corrected chi connectivity index (χ4v) is 1.89. The van der Waals surface area contributed by atoms with Crippen molar-refractivity contribution in [2.45, 2.75) is 18.7 Å². The number of benzene rings is 1. The summed E-state index contributed by atoms with van der Waals surface area (Å²) in [6, 6.07) is 2.99. The maximum absolute atomic E-state index is 10.8. The standard InChI is InChI=1S/C9H10O4S/c1-5-3-4-7(14(12)13)6(2)8(5)9(10)11/h3-4H,1-2H3,(H,10,11)(H,12,13). The van der Waals surface area contributed by atoms with Gasteiger partial charge in [0.2, 0.25) is 0 Å². The van der Waals surface area contributed by atoms with Gasteiger partial charge in [0.05, 0.1) is 10.5 Å². The second kappa shape index (κ2) is 3.89. The lowest BCUT2D eigenvalue weighted by atomic mass is 10.0. The van der Waals surface area contributed by atoms with Gasteiger partial charge in [-0.15, -0.1) is 0 Å². The van der Waals surface area contributed by atoms with Crippen molar-refractivity contribution in [1.29, 1.82) is 0 Å². The van der Waals surface area contributed by atoms with Crippen LogP contribution in [0.25, 0.3) is 0 Å². The molecule has 0 fully saturated rings. The Balaban J connectivity index is 3.49. The Kier molecular flexibility index (Phi) is 3.03. The number of carbonyl (C=O) groups is 1. The molecule has 2 N–H and O–H groups in total. The SMILES string of the molecule is Cc1ccc(S(=O)O)c(C)c1C(=O)O. The van der Waals surface area contributed by atoms with E-state index in [1.165, 1.54) is 19.1 Å². The van der Waals surface area contributed by atoms with E-state index >= 15 is 0 Å². The third kappa shape index (κ3) is 1.83. The Hall–Kier alpha value is -1.20. The highest BCUT2D eigenvalue weighted by Gasteiger charge is 2.15. The molecule has 1 atom stereocenters. The summed E-state index contributed by atoms with van der Waals surface area (Å²) in [5.74, 6) is -1.08. The van der Waals surface area contributed by atoms with Crippen LogP contribution in [0.5, 0.6) is 0 Å². The molecule has 1 aromatic rings. The van der Waals surface area contributed by atoms with Gasteiger partial charge in [-0.3, -0.25) is 0 Å². The minimum Gasteiger partial charge on any atom is -0.478 e. The average Bonchev–Trinajstić information content (AvgIpc) is 2.02. The Morgan fingerprint density at radius 1 is 1.36 bits per heavy atom. The third-order valence-corrected chi connectivity index (χ3v) is 2.84. The molecule has 0 bridgehead atoms. The van der Waals surface area contributed by atoms with Gasteiger partial charge in [-0.2, -0.15) is 0 Å². The first-order valence-electron chi connectivity index (χ1n) is 3.89. The first-order chi connectivity index (χ1) is 6.45. The fourth-order valence-electron chi connectivity index (χ4n) is 1.35. The van der Waals surface area contributed by atoms with Gasteiger partial charge < -0.3 is 9.66 Å². The van der Waals surface area contributed by atoms with Crippen LogP contribution in [-0.4, -0.2) is 19.8 Å². The molecule has 76 valence electrons. The molecule has 0 aliphatic carbocycles. The van der Waals surface area contributed by atoms with Crippen molar-refractivity contribution < 1.29 is 18.7 Å². The van der Waals surface area contributed by atoms with Crippen molar-refractivity contribution in [2.75, 3.05) is 0 Å². The lowest BCUT2D eigenvalue weighted by Gasteiger charge is -2.07. The Morgan fingerprint density at radius 2 is 1.93 bits per heavy atom. The van der Waals surface area contributed by atoms with Gasteiger partial charge in [0, 0.05) is 0 Å². The summed E-state index contributed by atoms with van der Waals surface area (Å²) >= 11 is -2.14. The molecule has 0 saturated carbocycles. The number of hydrogen-bond acceptors (Lipinski definition) is 2. The van der Waals surface area contributed by atoms with E-state index in [4.69, 9.17) is 9.66 Å². The molecule has 1 unspecified atom stereocenters. The van der Waals surface area contributed by atoms with E-state index < -0.39 is 17.0 Å². The molecule has 0 aliphatic rings. The smallest absolute Gasteiger partial charge is 0.336 e. The average molecular weight is 214 g/mol. The number of aromatic carboxylic acids is 1. The molecule has 4 nitrogen and oxygen atoms in total. The lowest BCUT2D eigenvalue weighted by molar-refractivity contribution is 0.0695. The minimum absolute atomic E-state index is 0.102. The molecule has 0 heterocycles. The number of aryl methyl sites for hydroxylation is 1. The van der Waals surface area contributed by atoms with Crippen LogP contribution in [0.3, 0.4) is 0 Å². The molecular formula is C9H10O4S. The van der Waals surface area contributed by atoms with Gasteiger partial charge >= 0.3 is 5.97 Å². The van der Waals surface area contributed by atoms with E-state index in [0.29, 0.717) is 11.1 Å². The zero-order chi connectivity index (χ0) is 10.9. The van der Waals surface area contributed by atoms with Crippen molar-refractivity contribution in [3.63, 3.8) is 0 Å². The highest BCUT2D eigenvalue weighted by atomic mass is 32.2. The van der Waals surface area contributed by atoms with Gasteiger partial charge in [0.25, 0.3) is 0 Å². The fraction of sp³-hybridized carbons (Fsp3) is 0.222. The summed E-state index contributed by atoms with van der Waals surface area (Å²) in [4.78, 5) is 11.0. The summed E-state index contributed by atoms with van der Waals surface area (Å²) in [5.41, 5.74) is 1.03. The first kappa shape index (κ1) is 10.9. The van der Waals surface area contributed by atoms with E-state index in [0.717, 1.165) is 0 Å². The van der Waals surface area contributed by atoms with Crippen LogP contribution in [0.4, 0.5) is 0 Å². The predicted octanol–water partition coefficient (Wildman–Crippen LogP) is 1.58. The molecular weight excluding hydrogens is 204 g/mol. The highest BCUT2D eigenvalue weighted by molar-refractivity contribution is 7.79. The molecule has 0 amide bonds. The first-order valence-corrected chi connectivity index (χ1v) is 5.00. The summed E-state index contributed by atoms with van der Waals surface area (Å²) in [7, 11) is 0. The quantitative estimate of drug-likeness (QED) is 0.733. The van der Waals surface area contributed by atoms with Gasteiger partial charge in [0.15, 0.2) is 11.1 Å². The summed E-state index contributed by atoms with van der Waals surface area (Å²) < 4.78 is 19.7. The molecule has 14 heavy (non-hydrogen) atoms. The zero-order valence-electron chi connectivity index (χ0n) is 7.77. The number of hydrogen-bond donors (Lipinski definition) is 2. The molecule has 1 aromatic carbocycles. The Morgan fingerprint density at radius 3 is 2.36 bits per heavy atom. The van der Waals surface area contributed by atoms with Gasteiger partial charge in [0.1, 0.15) is 0 Å². The maximum Gasteiger partial charge on any atom is 0.336 e. The maximum atomic E-state index is 10.8. The molecule has 5 heteroatoms. The number of carboxylic acids is 1. The summed E-state index contributed by atoms with van der Waals surface area (Å²) in [5, 5.41) is 8.87. The second-order valence-electron chi connectivity index (χ2n) is 2.93. The Labute approximate surface area is 83.9 Å². The van der Waals surface area contributed by atoms with Crippen molar-refractivity contribution >= 4 is 17.0 Å². The van der Waals surface area contributed by atoms with Crippen LogP contribution in [0.15, 0.2) is 17.0 Å². The number of rotatable bonds is 2. The van der Waals surface area contributed by atoms with Gasteiger partial charge in [-0.25, -0.2) is 9.00 Å². The van der Waals surface area contributed by atoms with Crippen LogP contribution >= 0.6 is 0 Å². The van der Waals surface area contributed by atoms with Crippen LogP contribution in [-0.2, 0) is 11.1 Å². The van der Waals surface area contributed by atoms with Crippen molar-refractivity contribution in [2.24, 2.45) is 0 Å². The minimum atomic E-state index is -2.14. The molecule has 0 spiro atoms. The van der Waals surface area contributed by atoms with Crippen LogP contribution < -0.4 is 0 Å².